The fourth-order valence-electron chi connectivity index (χ4n) is 1.91. The van der Waals surface area contributed by atoms with E-state index in [4.69, 9.17) is 14.0 Å². The number of rotatable bonds is 3. The zero-order valence-corrected chi connectivity index (χ0v) is 12.2. The van der Waals surface area contributed by atoms with E-state index >= 15 is 0 Å². The van der Waals surface area contributed by atoms with Crippen molar-refractivity contribution in [3.63, 3.8) is 0 Å². The van der Waals surface area contributed by atoms with Crippen molar-refractivity contribution in [2.24, 2.45) is 0 Å². The minimum absolute atomic E-state index is 0.355. The van der Waals surface area contributed by atoms with Crippen LogP contribution >= 0.6 is 0 Å². The van der Waals surface area contributed by atoms with E-state index in [9.17, 15) is 0 Å². The predicted molar refractivity (Wildman–Crippen MR) is 76.6 cm³/mol. The van der Waals surface area contributed by atoms with Gasteiger partial charge in [0.2, 0.25) is 5.88 Å². The minimum atomic E-state index is -0.415. The molecule has 1 fully saturated rings. The fourth-order valence-corrected chi connectivity index (χ4v) is 1.91. The molecule has 0 amide bonds. The second-order valence-electron chi connectivity index (χ2n) is 5.66. The van der Waals surface area contributed by atoms with Crippen LogP contribution in [0.15, 0.2) is 18.8 Å². The van der Waals surface area contributed by atoms with Gasteiger partial charge in [0.1, 0.15) is 0 Å². The van der Waals surface area contributed by atoms with Gasteiger partial charge in [-0.05, 0) is 33.8 Å². The molecule has 1 aromatic heterocycles. The summed E-state index contributed by atoms with van der Waals surface area (Å²) in [6, 6.07) is 1.93. The van der Waals surface area contributed by atoms with Crippen molar-refractivity contribution in [1.29, 1.82) is 0 Å². The lowest BCUT2D eigenvalue weighted by Gasteiger charge is -2.32. The van der Waals surface area contributed by atoms with Crippen LogP contribution in [0.4, 0.5) is 0 Å². The van der Waals surface area contributed by atoms with E-state index in [1.54, 1.807) is 19.4 Å². The number of pyridine rings is 1. The summed E-state index contributed by atoms with van der Waals surface area (Å²) in [6.07, 6.45) is 3.43. The Morgan fingerprint density at radius 3 is 2.32 bits per heavy atom. The van der Waals surface area contributed by atoms with Crippen molar-refractivity contribution in [2.45, 2.75) is 38.9 Å². The quantitative estimate of drug-likeness (QED) is 0.780. The first-order valence-corrected chi connectivity index (χ1v) is 6.33. The summed E-state index contributed by atoms with van der Waals surface area (Å²) in [5.74, 6) is 0.551. The van der Waals surface area contributed by atoms with Crippen molar-refractivity contribution in [3.05, 3.63) is 24.4 Å². The molecule has 4 nitrogen and oxygen atoms in total. The van der Waals surface area contributed by atoms with Crippen molar-refractivity contribution in [2.75, 3.05) is 7.11 Å². The number of aromatic nitrogens is 1. The Morgan fingerprint density at radius 2 is 1.84 bits per heavy atom. The Bertz CT molecular complexity index is 483. The number of hydrogen-bond acceptors (Lipinski definition) is 4. The Morgan fingerprint density at radius 1 is 1.26 bits per heavy atom. The lowest BCUT2D eigenvalue weighted by molar-refractivity contribution is 0.00578. The third-order valence-corrected chi connectivity index (χ3v) is 3.84. The third-order valence-electron chi connectivity index (χ3n) is 3.84. The zero-order valence-electron chi connectivity index (χ0n) is 12.2. The molecule has 0 bridgehead atoms. The van der Waals surface area contributed by atoms with Gasteiger partial charge in [0, 0.05) is 17.2 Å². The van der Waals surface area contributed by atoms with Gasteiger partial charge in [0.15, 0.2) is 0 Å². The molecule has 5 heteroatoms. The van der Waals surface area contributed by atoms with Crippen molar-refractivity contribution < 1.29 is 14.0 Å². The molecule has 1 saturated heterocycles. The summed E-state index contributed by atoms with van der Waals surface area (Å²) < 4.78 is 17.1. The topological polar surface area (TPSA) is 40.6 Å². The molecule has 19 heavy (non-hydrogen) atoms. The Labute approximate surface area is 114 Å². The summed E-state index contributed by atoms with van der Waals surface area (Å²) in [5, 5.41) is 0. The highest BCUT2D eigenvalue weighted by atomic mass is 16.7. The Kier molecular flexibility index (Phi) is 3.45. The van der Waals surface area contributed by atoms with Crippen molar-refractivity contribution >= 4 is 18.7 Å². The molecular formula is C14H20BNO3. The molecule has 0 radical (unpaired) electrons. The molecule has 1 aliphatic rings. The van der Waals surface area contributed by atoms with Crippen LogP contribution in [0.1, 0.15) is 33.3 Å². The van der Waals surface area contributed by atoms with E-state index in [0.29, 0.717) is 5.88 Å². The van der Waals surface area contributed by atoms with Crippen LogP contribution < -0.4 is 10.2 Å². The van der Waals surface area contributed by atoms with E-state index < -0.39 is 7.12 Å². The zero-order chi connectivity index (χ0) is 14.3. The van der Waals surface area contributed by atoms with Gasteiger partial charge in [-0.3, -0.25) is 0 Å². The third kappa shape index (κ3) is 2.40. The van der Waals surface area contributed by atoms with Crippen molar-refractivity contribution in [3.8, 4) is 5.88 Å². The van der Waals surface area contributed by atoms with Crippen molar-refractivity contribution in [1.82, 2.24) is 4.98 Å². The first-order valence-electron chi connectivity index (χ1n) is 6.33. The van der Waals surface area contributed by atoms with Gasteiger partial charge >= 0.3 is 7.12 Å². The van der Waals surface area contributed by atoms with Gasteiger partial charge in [-0.25, -0.2) is 4.98 Å². The fraction of sp³-hybridized carbons (Fsp3) is 0.500. The number of methoxy groups -OCH3 is 1. The molecule has 1 aromatic rings. The van der Waals surface area contributed by atoms with Crippen LogP contribution in [0.2, 0.25) is 0 Å². The summed E-state index contributed by atoms with van der Waals surface area (Å²) >= 11 is 0. The van der Waals surface area contributed by atoms with E-state index in [0.717, 1.165) is 11.0 Å². The molecule has 0 aliphatic carbocycles. The molecule has 0 unspecified atom stereocenters. The second-order valence-corrected chi connectivity index (χ2v) is 5.66. The highest BCUT2D eigenvalue weighted by molar-refractivity contribution is 6.62. The number of ether oxygens (including phenoxy) is 1. The normalized spacial score (nSPS) is 20.4. The van der Waals surface area contributed by atoms with Gasteiger partial charge in [0.25, 0.3) is 0 Å². The van der Waals surface area contributed by atoms with Crippen LogP contribution in [-0.4, -0.2) is 30.4 Å². The molecule has 0 aromatic carbocycles. The summed E-state index contributed by atoms with van der Waals surface area (Å²) in [4.78, 5) is 4.25. The first-order chi connectivity index (χ1) is 8.80. The van der Waals surface area contributed by atoms with Crippen LogP contribution in [0.5, 0.6) is 5.88 Å². The molecule has 0 saturated carbocycles. The summed E-state index contributed by atoms with van der Waals surface area (Å²) in [6.45, 7) is 11.9. The highest BCUT2D eigenvalue weighted by Gasteiger charge is 2.51. The maximum Gasteiger partial charge on any atom is 0.496 e. The monoisotopic (exact) mass is 261 g/mol. The van der Waals surface area contributed by atoms with E-state index in [1.807, 2.05) is 33.8 Å². The van der Waals surface area contributed by atoms with Gasteiger partial charge in [-0.15, -0.1) is 0 Å². The lowest BCUT2D eigenvalue weighted by Crippen LogP contribution is -2.41. The molecule has 0 atom stereocenters. The molecule has 0 spiro atoms. The summed E-state index contributed by atoms with van der Waals surface area (Å²) in [7, 11) is 1.17. The van der Waals surface area contributed by atoms with Gasteiger partial charge in [-0.2, -0.15) is 0 Å². The van der Waals surface area contributed by atoms with E-state index in [-0.39, 0.29) is 11.2 Å². The molecular weight excluding hydrogens is 241 g/mol. The standard InChI is InChI=1S/C14H20BNO3/c1-7-10-8-11(9-16-12(10)17-6)15-18-13(2,3)14(4,5)19-15/h7-9H,1H2,2-6H3. The Balaban J connectivity index is 2.32. The molecule has 2 heterocycles. The predicted octanol–water partition coefficient (Wildman–Crippen LogP) is 2.03. The van der Waals surface area contributed by atoms with Gasteiger partial charge in [0.05, 0.1) is 18.3 Å². The highest BCUT2D eigenvalue weighted by Crippen LogP contribution is 2.36. The number of hydrogen-bond donors (Lipinski definition) is 0. The van der Waals surface area contributed by atoms with Crippen LogP contribution in [0.3, 0.4) is 0 Å². The lowest BCUT2D eigenvalue weighted by atomic mass is 9.79. The Hall–Kier alpha value is -1.33. The average molecular weight is 261 g/mol. The molecule has 102 valence electrons. The SMILES string of the molecule is C=Cc1cc(B2OC(C)(C)C(C)(C)O2)cnc1OC. The van der Waals surface area contributed by atoms with Crippen LogP contribution in [-0.2, 0) is 9.31 Å². The van der Waals surface area contributed by atoms with Crippen LogP contribution in [0.25, 0.3) is 6.08 Å². The maximum absolute atomic E-state index is 5.99. The number of nitrogens with zero attached hydrogens (tertiary/aromatic N) is 1. The molecule has 0 N–H and O–H groups in total. The van der Waals surface area contributed by atoms with Crippen LogP contribution in [0, 0.1) is 0 Å². The minimum Gasteiger partial charge on any atom is -0.481 e. The maximum atomic E-state index is 5.99. The van der Waals surface area contributed by atoms with Gasteiger partial charge < -0.3 is 14.0 Å². The summed E-state index contributed by atoms with van der Waals surface area (Å²) in [5.41, 5.74) is 0.988. The smallest absolute Gasteiger partial charge is 0.481 e. The second kappa shape index (κ2) is 4.65. The van der Waals surface area contributed by atoms with E-state index in [2.05, 4.69) is 11.6 Å². The largest absolute Gasteiger partial charge is 0.496 e. The average Bonchev–Trinajstić information content (AvgIpc) is 2.57. The van der Waals surface area contributed by atoms with Gasteiger partial charge in [-0.1, -0.05) is 12.7 Å². The van der Waals surface area contributed by atoms with E-state index in [1.165, 1.54) is 0 Å². The first kappa shape index (κ1) is 14.1. The molecule has 1 aliphatic heterocycles. The molecule has 2 rings (SSSR count).